The first-order chi connectivity index (χ1) is 12.4. The van der Waals surface area contributed by atoms with Gasteiger partial charge in [-0.05, 0) is 41.5 Å². The molecule has 2 aromatic rings. The summed E-state index contributed by atoms with van der Waals surface area (Å²) in [7, 11) is 2.00. The molecule has 1 aliphatic carbocycles. The fourth-order valence-electron chi connectivity index (χ4n) is 3.41. The Morgan fingerprint density at radius 1 is 1.35 bits per heavy atom. The Morgan fingerprint density at radius 2 is 2.08 bits per heavy atom. The topological polar surface area (TPSA) is 15.3 Å². The number of nitrogens with one attached hydrogen (secondary N) is 1. The van der Waals surface area contributed by atoms with E-state index in [0.29, 0.717) is 0 Å². The van der Waals surface area contributed by atoms with Crippen LogP contribution in [0.25, 0.3) is 16.2 Å². The molecule has 1 aromatic carbocycles. The van der Waals surface area contributed by atoms with Gasteiger partial charge < -0.3 is 10.2 Å². The highest BCUT2D eigenvalue weighted by molar-refractivity contribution is 7.17. The van der Waals surface area contributed by atoms with E-state index in [0.717, 1.165) is 23.9 Å². The van der Waals surface area contributed by atoms with Gasteiger partial charge in [-0.1, -0.05) is 58.1 Å². The number of hydrogen-bond acceptors (Lipinski definition) is 3. The second kappa shape index (κ2) is 7.32. The van der Waals surface area contributed by atoms with Crippen LogP contribution in [0, 0.1) is 5.92 Å². The van der Waals surface area contributed by atoms with Gasteiger partial charge in [-0.3, -0.25) is 0 Å². The predicted octanol–water partition coefficient (Wildman–Crippen LogP) is 6.48. The monoisotopic (exact) mass is 366 g/mol. The van der Waals surface area contributed by atoms with Crippen LogP contribution in [0.2, 0.25) is 0 Å². The van der Waals surface area contributed by atoms with Gasteiger partial charge in [0, 0.05) is 29.3 Å². The molecule has 2 aliphatic rings. The molecule has 138 valence electrons. The van der Waals surface area contributed by atoms with Gasteiger partial charge in [0.1, 0.15) is 0 Å². The van der Waals surface area contributed by atoms with Crippen LogP contribution in [0.4, 0.5) is 0 Å². The third-order valence-electron chi connectivity index (χ3n) is 5.59. The maximum atomic E-state index is 4.16. The van der Waals surface area contributed by atoms with E-state index in [4.69, 9.17) is 0 Å². The molecule has 2 nitrogen and oxygen atoms in total. The number of benzene rings is 1. The third kappa shape index (κ3) is 3.73. The second-order valence-corrected chi connectivity index (χ2v) is 8.57. The Labute approximate surface area is 161 Å². The van der Waals surface area contributed by atoms with Crippen molar-refractivity contribution in [2.24, 2.45) is 5.92 Å². The lowest BCUT2D eigenvalue weighted by Gasteiger charge is -2.43. The Balaban J connectivity index is 0.000000339. The number of fused-ring (bicyclic) bond motifs is 1. The molecule has 0 radical (unpaired) electrons. The Bertz CT molecular complexity index is 823. The number of hydrogen-bond donors (Lipinski definition) is 1. The van der Waals surface area contributed by atoms with Crippen LogP contribution in [0.5, 0.6) is 0 Å². The van der Waals surface area contributed by atoms with E-state index >= 15 is 0 Å². The molecular weight excluding hydrogens is 336 g/mol. The Kier molecular flexibility index (Phi) is 5.29. The van der Waals surface area contributed by atoms with Crippen molar-refractivity contribution in [2.45, 2.75) is 45.1 Å². The first-order valence-corrected chi connectivity index (χ1v) is 10.3. The summed E-state index contributed by atoms with van der Waals surface area (Å²) in [5, 5.41) is 6.96. The van der Waals surface area contributed by atoms with E-state index in [-0.39, 0.29) is 5.54 Å². The molecule has 1 saturated carbocycles. The summed E-state index contributed by atoms with van der Waals surface area (Å²) in [6.45, 7) is 16.6. The van der Waals surface area contributed by atoms with Crippen LogP contribution < -0.4 is 5.32 Å². The van der Waals surface area contributed by atoms with Crippen LogP contribution in [0.15, 0.2) is 54.8 Å². The van der Waals surface area contributed by atoms with E-state index < -0.39 is 0 Å². The van der Waals surface area contributed by atoms with Crippen LogP contribution >= 0.6 is 11.3 Å². The van der Waals surface area contributed by atoms with Crippen molar-refractivity contribution in [1.82, 2.24) is 10.2 Å². The number of thiophene rings is 1. The lowest BCUT2D eigenvalue weighted by molar-refractivity contribution is 0.268. The summed E-state index contributed by atoms with van der Waals surface area (Å²) in [6, 6.07) is 6.66. The largest absolute Gasteiger partial charge is 0.362 e. The average molecular weight is 367 g/mol. The summed E-state index contributed by atoms with van der Waals surface area (Å²) in [4.78, 5) is 2.01. The molecule has 26 heavy (non-hydrogen) atoms. The molecule has 1 N–H and O–H groups in total. The zero-order valence-corrected chi connectivity index (χ0v) is 17.1. The fraction of sp³-hybridized carbons (Fsp3) is 0.391. The summed E-state index contributed by atoms with van der Waals surface area (Å²) in [5.74, 6) is 2.03. The summed E-state index contributed by atoms with van der Waals surface area (Å²) >= 11 is 1.76. The Hall–Kier alpha value is -2.00. The standard InChI is InChI=1S/C18H20N2S.C5H10/c1-6-14-11-21-17-8-7-15(9-16(14)17)18(4)10-12(2)20(5)13(3)19-18;1-2-5-3-4-5/h6-9,11,19H,1-3,10H2,4-5H3;5H,2-4H2,1H3/t18-;/m0./s1. The van der Waals surface area contributed by atoms with Crippen LogP contribution in [-0.2, 0) is 5.54 Å². The van der Waals surface area contributed by atoms with Crippen molar-refractivity contribution in [3.8, 4) is 0 Å². The summed E-state index contributed by atoms with van der Waals surface area (Å²) in [5.41, 5.74) is 3.36. The fourth-order valence-corrected chi connectivity index (χ4v) is 4.34. The van der Waals surface area contributed by atoms with Gasteiger partial charge in [-0.25, -0.2) is 0 Å². The molecule has 0 unspecified atom stereocenters. The maximum Gasteiger partial charge on any atom is 0.0985 e. The minimum Gasteiger partial charge on any atom is -0.362 e. The molecule has 2 heterocycles. The molecule has 1 aromatic heterocycles. The average Bonchev–Trinajstić information content (AvgIpc) is 3.38. The summed E-state index contributed by atoms with van der Waals surface area (Å²) in [6.07, 6.45) is 7.22. The number of nitrogens with zero attached hydrogens (tertiary/aromatic N) is 1. The van der Waals surface area contributed by atoms with Gasteiger partial charge in [-0.15, -0.1) is 11.3 Å². The quantitative estimate of drug-likeness (QED) is 0.669. The van der Waals surface area contributed by atoms with Crippen molar-refractivity contribution >= 4 is 27.5 Å². The molecule has 0 spiro atoms. The molecule has 4 rings (SSSR count). The van der Waals surface area contributed by atoms with Crippen LogP contribution in [-0.4, -0.2) is 11.9 Å². The highest BCUT2D eigenvalue weighted by Gasteiger charge is 2.34. The molecule has 1 atom stereocenters. The van der Waals surface area contributed by atoms with E-state index in [1.54, 1.807) is 11.3 Å². The smallest absolute Gasteiger partial charge is 0.0985 e. The van der Waals surface area contributed by atoms with Gasteiger partial charge in [0.05, 0.1) is 11.4 Å². The molecule has 2 fully saturated rings. The van der Waals surface area contributed by atoms with E-state index in [2.05, 4.69) is 62.5 Å². The zero-order chi connectivity index (χ0) is 18.9. The SMILES string of the molecule is C=Cc1csc2ccc([C@]3(C)CC(=C)N(C)C(=C)N3)cc12.CCC1CC1. The normalized spacial score (nSPS) is 22.7. The van der Waals surface area contributed by atoms with Crippen molar-refractivity contribution in [2.75, 3.05) is 7.05 Å². The van der Waals surface area contributed by atoms with Gasteiger partial charge in [0.2, 0.25) is 0 Å². The molecule has 1 aliphatic heterocycles. The predicted molar refractivity (Wildman–Crippen MR) is 116 cm³/mol. The van der Waals surface area contributed by atoms with E-state index in [9.17, 15) is 0 Å². The first-order valence-electron chi connectivity index (χ1n) is 9.40. The zero-order valence-electron chi connectivity index (χ0n) is 16.3. The van der Waals surface area contributed by atoms with Crippen LogP contribution in [0.3, 0.4) is 0 Å². The van der Waals surface area contributed by atoms with Gasteiger partial charge in [0.25, 0.3) is 0 Å². The summed E-state index contributed by atoms with van der Waals surface area (Å²) < 4.78 is 1.29. The molecular formula is C23H30N2S. The van der Waals surface area contributed by atoms with Crippen molar-refractivity contribution in [3.63, 3.8) is 0 Å². The minimum absolute atomic E-state index is 0.171. The highest BCUT2D eigenvalue weighted by atomic mass is 32.1. The van der Waals surface area contributed by atoms with Gasteiger partial charge in [0.15, 0.2) is 0 Å². The molecule has 0 amide bonds. The second-order valence-electron chi connectivity index (χ2n) is 7.66. The maximum absolute atomic E-state index is 4.16. The van der Waals surface area contributed by atoms with Crippen molar-refractivity contribution in [3.05, 3.63) is 66.0 Å². The number of rotatable bonds is 3. The van der Waals surface area contributed by atoms with Crippen molar-refractivity contribution in [1.29, 1.82) is 0 Å². The van der Waals surface area contributed by atoms with E-state index in [1.807, 2.05) is 18.0 Å². The lowest BCUT2D eigenvalue weighted by atomic mass is 9.85. The molecule has 1 saturated heterocycles. The van der Waals surface area contributed by atoms with E-state index in [1.165, 1.54) is 40.5 Å². The molecule has 0 bridgehead atoms. The van der Waals surface area contributed by atoms with Crippen LogP contribution in [0.1, 0.15) is 50.7 Å². The minimum atomic E-state index is -0.171. The van der Waals surface area contributed by atoms with Gasteiger partial charge in [-0.2, -0.15) is 0 Å². The lowest BCUT2D eigenvalue weighted by Crippen LogP contribution is -2.48. The third-order valence-corrected chi connectivity index (χ3v) is 6.57. The first kappa shape index (κ1) is 18.8. The van der Waals surface area contributed by atoms with Gasteiger partial charge >= 0.3 is 0 Å². The Morgan fingerprint density at radius 3 is 2.62 bits per heavy atom. The van der Waals surface area contributed by atoms with Crippen molar-refractivity contribution < 1.29 is 0 Å². The highest BCUT2D eigenvalue weighted by Crippen LogP contribution is 2.37. The molecule has 3 heteroatoms.